The first-order chi connectivity index (χ1) is 19.6. The van der Waals surface area contributed by atoms with Crippen LogP contribution in [0.3, 0.4) is 0 Å². The van der Waals surface area contributed by atoms with Gasteiger partial charge >= 0.3 is 0 Å². The zero-order valence-electron chi connectivity index (χ0n) is 21.3. The predicted octanol–water partition coefficient (Wildman–Crippen LogP) is 8.41. The van der Waals surface area contributed by atoms with E-state index in [-0.39, 0.29) is 4.90 Å². The van der Waals surface area contributed by atoms with Gasteiger partial charge in [-0.2, -0.15) is 0 Å². The van der Waals surface area contributed by atoms with Crippen LogP contribution >= 0.6 is 0 Å². The number of benzene rings is 5. The van der Waals surface area contributed by atoms with Crippen LogP contribution in [0.2, 0.25) is 0 Å². The van der Waals surface area contributed by atoms with Crippen LogP contribution in [-0.2, 0) is 10.0 Å². The quantitative estimate of drug-likeness (QED) is 0.229. The topological polar surface area (TPSA) is 52.0 Å². The zero-order valence-corrected chi connectivity index (χ0v) is 22.1. The second kappa shape index (κ2) is 8.50. The van der Waals surface area contributed by atoms with Gasteiger partial charge in [0.1, 0.15) is 0 Å². The molecule has 4 nitrogen and oxygen atoms in total. The van der Waals surface area contributed by atoms with Crippen molar-refractivity contribution in [1.29, 1.82) is 0 Å². The molecule has 0 fully saturated rings. The molecule has 0 bridgehead atoms. The SMILES string of the molecule is O=S1(=O)c2ccccc2-c2nccc3c4cc(-c5cc(-c6ccccc6)cc(-c6ccccc6)c5)ccc4n1c23. The standard InChI is InChI=1S/C35H22N2O2S/c38-40(39)33-14-8-7-13-30(33)34-35-29(17-18-36-34)31-22-25(15-16-32(31)37(35)40)28-20-26(23-9-3-1-4-10-23)19-27(21-28)24-11-5-2-6-12-24/h1-22H. The van der Waals surface area contributed by atoms with E-state index in [1.807, 2.05) is 42.5 Å². The van der Waals surface area contributed by atoms with Crippen molar-refractivity contribution in [2.75, 3.05) is 0 Å². The number of hydrogen-bond acceptors (Lipinski definition) is 3. The maximum absolute atomic E-state index is 13.9. The number of pyridine rings is 1. The monoisotopic (exact) mass is 534 g/mol. The summed E-state index contributed by atoms with van der Waals surface area (Å²) in [5.74, 6) is 0. The first-order valence-corrected chi connectivity index (χ1v) is 14.6. The Morgan fingerprint density at radius 2 is 1.12 bits per heavy atom. The van der Waals surface area contributed by atoms with Gasteiger partial charge in [0.05, 0.1) is 21.6 Å². The summed E-state index contributed by atoms with van der Waals surface area (Å²) < 4.78 is 29.2. The van der Waals surface area contributed by atoms with Crippen LogP contribution in [0.1, 0.15) is 0 Å². The van der Waals surface area contributed by atoms with E-state index in [0.717, 1.165) is 44.2 Å². The van der Waals surface area contributed by atoms with Gasteiger partial charge in [-0.25, -0.2) is 12.4 Å². The molecule has 7 aromatic rings. The summed E-state index contributed by atoms with van der Waals surface area (Å²) in [4.78, 5) is 4.91. The number of nitrogens with zero attached hydrogens (tertiary/aromatic N) is 2. The van der Waals surface area contributed by atoms with Crippen molar-refractivity contribution in [3.05, 3.63) is 134 Å². The summed E-state index contributed by atoms with van der Waals surface area (Å²) in [7, 11) is -3.78. The van der Waals surface area contributed by atoms with E-state index >= 15 is 0 Å². The predicted molar refractivity (Wildman–Crippen MR) is 162 cm³/mol. The molecule has 0 N–H and O–H groups in total. The maximum Gasteiger partial charge on any atom is 0.269 e. The highest BCUT2D eigenvalue weighted by Gasteiger charge is 2.33. The van der Waals surface area contributed by atoms with Gasteiger partial charge in [0.25, 0.3) is 10.0 Å². The molecule has 190 valence electrons. The molecule has 8 rings (SSSR count). The maximum atomic E-state index is 13.9. The summed E-state index contributed by atoms with van der Waals surface area (Å²) in [6.07, 6.45) is 1.77. The molecule has 0 spiro atoms. The van der Waals surface area contributed by atoms with Crippen molar-refractivity contribution in [2.45, 2.75) is 4.90 Å². The third-order valence-electron chi connectivity index (χ3n) is 7.77. The summed E-state index contributed by atoms with van der Waals surface area (Å²) >= 11 is 0. The fraction of sp³-hybridized carbons (Fsp3) is 0. The largest absolute Gasteiger partial charge is 0.269 e. The van der Waals surface area contributed by atoms with E-state index in [9.17, 15) is 8.42 Å². The molecular formula is C35H22N2O2S. The fourth-order valence-corrected chi connectivity index (χ4v) is 7.66. The van der Waals surface area contributed by atoms with E-state index in [4.69, 9.17) is 0 Å². The summed E-state index contributed by atoms with van der Waals surface area (Å²) in [6.45, 7) is 0. The summed E-state index contributed by atoms with van der Waals surface area (Å²) in [5, 5.41) is 1.77. The Bertz CT molecular complexity index is 2160. The number of hydrogen-bond donors (Lipinski definition) is 0. The first-order valence-electron chi connectivity index (χ1n) is 13.1. The lowest BCUT2D eigenvalue weighted by atomic mass is 9.93. The third-order valence-corrected chi connectivity index (χ3v) is 9.55. The van der Waals surface area contributed by atoms with Crippen LogP contribution in [0.15, 0.2) is 138 Å². The number of fused-ring (bicyclic) bond motifs is 5. The van der Waals surface area contributed by atoms with Crippen LogP contribution < -0.4 is 0 Å². The summed E-state index contributed by atoms with van der Waals surface area (Å²) in [6, 6.07) is 42.5. The molecule has 40 heavy (non-hydrogen) atoms. The second-order valence-electron chi connectivity index (χ2n) is 10.1. The highest BCUT2D eigenvalue weighted by molar-refractivity contribution is 7.90. The molecule has 1 aliphatic heterocycles. The number of rotatable bonds is 3. The van der Waals surface area contributed by atoms with Crippen LogP contribution in [0, 0.1) is 0 Å². The average molecular weight is 535 g/mol. The Hall–Kier alpha value is -5.00. The Kier molecular flexibility index (Phi) is 4.87. The lowest BCUT2D eigenvalue weighted by Gasteiger charge is -2.19. The third kappa shape index (κ3) is 3.31. The minimum absolute atomic E-state index is 0.284. The first kappa shape index (κ1) is 22.9. The Morgan fingerprint density at radius 1 is 0.525 bits per heavy atom. The van der Waals surface area contributed by atoms with Crippen molar-refractivity contribution < 1.29 is 8.42 Å². The molecule has 5 heteroatoms. The van der Waals surface area contributed by atoms with E-state index in [2.05, 4.69) is 77.8 Å². The van der Waals surface area contributed by atoms with Crippen LogP contribution in [-0.4, -0.2) is 17.4 Å². The van der Waals surface area contributed by atoms with Gasteiger partial charge in [-0.3, -0.25) is 4.98 Å². The highest BCUT2D eigenvalue weighted by atomic mass is 32.2. The molecule has 0 saturated heterocycles. The number of aromatic nitrogens is 2. The van der Waals surface area contributed by atoms with Crippen molar-refractivity contribution >= 4 is 31.8 Å². The van der Waals surface area contributed by atoms with Gasteiger partial charge in [0.2, 0.25) is 0 Å². The Labute approximate surface area is 231 Å². The van der Waals surface area contributed by atoms with E-state index < -0.39 is 10.0 Å². The molecule has 0 saturated carbocycles. The normalized spacial score (nSPS) is 13.4. The zero-order chi connectivity index (χ0) is 26.8. The van der Waals surface area contributed by atoms with Crippen LogP contribution in [0.25, 0.3) is 66.4 Å². The molecule has 0 unspecified atom stereocenters. The van der Waals surface area contributed by atoms with E-state index in [1.54, 1.807) is 18.3 Å². The molecule has 0 aliphatic carbocycles. The molecule has 1 aliphatic rings. The minimum atomic E-state index is -3.78. The van der Waals surface area contributed by atoms with Crippen LogP contribution in [0.4, 0.5) is 0 Å². The molecule has 2 aromatic heterocycles. The Morgan fingerprint density at radius 3 is 1.80 bits per heavy atom. The molecule has 5 aromatic carbocycles. The lowest BCUT2D eigenvalue weighted by molar-refractivity contribution is 0.590. The Balaban J connectivity index is 1.40. The van der Waals surface area contributed by atoms with E-state index in [0.29, 0.717) is 22.3 Å². The van der Waals surface area contributed by atoms with Gasteiger partial charge in [-0.05, 0) is 75.8 Å². The van der Waals surface area contributed by atoms with Crippen molar-refractivity contribution in [2.24, 2.45) is 0 Å². The minimum Gasteiger partial charge on any atom is -0.254 e. The van der Waals surface area contributed by atoms with E-state index in [1.165, 1.54) is 3.97 Å². The fourth-order valence-electron chi connectivity index (χ4n) is 5.93. The van der Waals surface area contributed by atoms with Gasteiger partial charge in [-0.15, -0.1) is 0 Å². The summed E-state index contributed by atoms with van der Waals surface area (Å²) in [5.41, 5.74) is 9.26. The average Bonchev–Trinajstić information content (AvgIpc) is 3.36. The van der Waals surface area contributed by atoms with Gasteiger partial charge in [-0.1, -0.05) is 84.9 Å². The van der Waals surface area contributed by atoms with Crippen molar-refractivity contribution in [1.82, 2.24) is 8.96 Å². The molecule has 0 atom stereocenters. The van der Waals surface area contributed by atoms with Gasteiger partial charge in [0.15, 0.2) is 0 Å². The molecule has 0 amide bonds. The second-order valence-corrected chi connectivity index (χ2v) is 11.8. The smallest absolute Gasteiger partial charge is 0.254 e. The van der Waals surface area contributed by atoms with Crippen LogP contribution in [0.5, 0.6) is 0 Å². The molecule has 0 radical (unpaired) electrons. The van der Waals surface area contributed by atoms with Crippen molar-refractivity contribution in [3.8, 4) is 44.6 Å². The van der Waals surface area contributed by atoms with Gasteiger partial charge in [0, 0.05) is 22.5 Å². The molecule has 3 heterocycles. The highest BCUT2D eigenvalue weighted by Crippen LogP contribution is 2.44. The van der Waals surface area contributed by atoms with Gasteiger partial charge < -0.3 is 0 Å². The lowest BCUT2D eigenvalue weighted by Crippen LogP contribution is -2.18. The molecular weight excluding hydrogens is 512 g/mol. The van der Waals surface area contributed by atoms with Crippen molar-refractivity contribution in [3.63, 3.8) is 0 Å².